The Morgan fingerprint density at radius 1 is 1.38 bits per heavy atom. The van der Waals surface area contributed by atoms with Crippen LogP contribution in [0.3, 0.4) is 0 Å². The van der Waals surface area contributed by atoms with Crippen LogP contribution in [0.4, 0.5) is 0 Å². The predicted molar refractivity (Wildman–Crippen MR) is 71.9 cm³/mol. The molecule has 1 aromatic carbocycles. The van der Waals surface area contributed by atoms with Gasteiger partial charge in [0.25, 0.3) is 5.91 Å². The maximum Gasteiger partial charge on any atom is 0.285 e. The molecule has 0 saturated heterocycles. The van der Waals surface area contributed by atoms with Crippen LogP contribution in [-0.2, 0) is 0 Å². The quantitative estimate of drug-likeness (QED) is 0.379. The number of rotatable bonds is 2. The van der Waals surface area contributed by atoms with Gasteiger partial charge in [-0.3, -0.25) is 10.2 Å². The zero-order valence-electron chi connectivity index (χ0n) is 8.11. The van der Waals surface area contributed by atoms with E-state index in [9.17, 15) is 4.79 Å². The summed E-state index contributed by atoms with van der Waals surface area (Å²) in [5, 5.41) is 0. The Bertz CT molecular complexity index is 512. The maximum atomic E-state index is 11.5. The zero-order valence-corrected chi connectivity index (χ0v) is 11.1. The van der Waals surface area contributed by atoms with Crippen LogP contribution in [-0.4, -0.2) is 10.9 Å². The molecule has 3 N–H and O–H groups in total. The molecule has 0 saturated carbocycles. The average molecular weight is 345 g/mol. The first-order chi connectivity index (χ1) is 7.72. The third-order valence-corrected chi connectivity index (χ3v) is 3.78. The van der Waals surface area contributed by atoms with Crippen molar-refractivity contribution in [1.82, 2.24) is 10.4 Å². The van der Waals surface area contributed by atoms with Gasteiger partial charge in [-0.2, -0.15) is 0 Å². The van der Waals surface area contributed by atoms with Gasteiger partial charge in [-0.1, -0.05) is 30.3 Å². The first kappa shape index (κ1) is 11.5. The summed E-state index contributed by atoms with van der Waals surface area (Å²) in [6.07, 6.45) is 0. The van der Waals surface area contributed by atoms with Crippen LogP contribution in [0.1, 0.15) is 10.5 Å². The molecule has 2 aromatic rings. The molecular formula is C10H8IN3OS. The lowest BCUT2D eigenvalue weighted by atomic mass is 10.1. The number of amides is 1. The molecule has 82 valence electrons. The number of nitrogens with zero attached hydrogens (tertiary/aromatic N) is 1. The third kappa shape index (κ3) is 2.23. The number of nitrogen functional groups attached to an aromatic ring is 1. The van der Waals surface area contributed by atoms with Gasteiger partial charge in [0, 0.05) is 0 Å². The van der Waals surface area contributed by atoms with E-state index in [1.165, 1.54) is 11.3 Å². The second kappa shape index (κ2) is 4.89. The van der Waals surface area contributed by atoms with Gasteiger partial charge in [-0.15, -0.1) is 11.3 Å². The minimum atomic E-state index is -0.363. The summed E-state index contributed by atoms with van der Waals surface area (Å²) >= 11 is 3.56. The number of benzene rings is 1. The van der Waals surface area contributed by atoms with Crippen molar-refractivity contribution >= 4 is 39.8 Å². The highest BCUT2D eigenvalue weighted by Gasteiger charge is 2.17. The standard InChI is InChI=1S/C10H8IN3OS/c11-10-13-7(9(15)14-12)8(16-10)6-4-2-1-3-5-6/h1-5H,12H2,(H,14,15). The van der Waals surface area contributed by atoms with Crippen molar-refractivity contribution in [3.8, 4) is 10.4 Å². The van der Waals surface area contributed by atoms with Gasteiger partial charge in [-0.05, 0) is 28.2 Å². The molecule has 6 heteroatoms. The van der Waals surface area contributed by atoms with Crippen molar-refractivity contribution < 1.29 is 4.79 Å². The van der Waals surface area contributed by atoms with E-state index in [0.717, 1.165) is 13.5 Å². The number of halogens is 1. The first-order valence-corrected chi connectivity index (χ1v) is 6.34. The predicted octanol–water partition coefficient (Wildman–Crippen LogP) is 2.02. The minimum absolute atomic E-state index is 0.363. The lowest BCUT2D eigenvalue weighted by molar-refractivity contribution is 0.0950. The molecule has 1 aromatic heterocycles. The van der Waals surface area contributed by atoms with Crippen LogP contribution in [0, 0.1) is 3.01 Å². The van der Waals surface area contributed by atoms with Gasteiger partial charge in [0.15, 0.2) is 3.01 Å². The Morgan fingerprint density at radius 2 is 2.06 bits per heavy atom. The second-order valence-corrected chi connectivity index (χ2v) is 5.74. The number of carbonyl (C=O) groups excluding carboxylic acids is 1. The van der Waals surface area contributed by atoms with E-state index in [0.29, 0.717) is 5.69 Å². The highest BCUT2D eigenvalue weighted by atomic mass is 127. The molecule has 1 amide bonds. The first-order valence-electron chi connectivity index (χ1n) is 4.45. The minimum Gasteiger partial charge on any atom is -0.289 e. The summed E-state index contributed by atoms with van der Waals surface area (Å²) in [5.41, 5.74) is 3.46. The summed E-state index contributed by atoms with van der Waals surface area (Å²) in [7, 11) is 0. The van der Waals surface area contributed by atoms with E-state index >= 15 is 0 Å². The molecule has 0 aliphatic heterocycles. The van der Waals surface area contributed by atoms with E-state index in [1.807, 2.05) is 30.3 Å². The molecule has 16 heavy (non-hydrogen) atoms. The van der Waals surface area contributed by atoms with Crippen LogP contribution in [0.25, 0.3) is 10.4 Å². The Hall–Kier alpha value is -0.990. The van der Waals surface area contributed by atoms with Gasteiger partial charge in [0.1, 0.15) is 5.69 Å². The van der Waals surface area contributed by atoms with Gasteiger partial charge in [0.05, 0.1) is 4.88 Å². The summed E-state index contributed by atoms with van der Waals surface area (Å²) in [5.74, 6) is 4.76. The normalized spacial score (nSPS) is 10.1. The zero-order chi connectivity index (χ0) is 11.5. The fraction of sp³-hybridized carbons (Fsp3) is 0. The number of hydrogen-bond donors (Lipinski definition) is 2. The van der Waals surface area contributed by atoms with Gasteiger partial charge < -0.3 is 0 Å². The summed E-state index contributed by atoms with van der Waals surface area (Å²) < 4.78 is 0.815. The molecule has 0 radical (unpaired) electrons. The number of nitrogens with two attached hydrogens (primary N) is 1. The van der Waals surface area contributed by atoms with Crippen LogP contribution in [0.15, 0.2) is 30.3 Å². The van der Waals surface area contributed by atoms with Crippen molar-refractivity contribution in [2.75, 3.05) is 0 Å². The molecule has 4 nitrogen and oxygen atoms in total. The molecule has 1 heterocycles. The maximum absolute atomic E-state index is 11.5. The number of nitrogens with one attached hydrogen (secondary N) is 1. The molecule has 0 unspecified atom stereocenters. The second-order valence-electron chi connectivity index (χ2n) is 2.98. The van der Waals surface area contributed by atoms with E-state index in [-0.39, 0.29) is 5.91 Å². The van der Waals surface area contributed by atoms with E-state index in [2.05, 4.69) is 33.0 Å². The molecule has 0 aliphatic carbocycles. The molecule has 0 aliphatic rings. The van der Waals surface area contributed by atoms with Crippen LogP contribution in [0.2, 0.25) is 0 Å². The van der Waals surface area contributed by atoms with Gasteiger partial charge >= 0.3 is 0 Å². The van der Waals surface area contributed by atoms with E-state index in [1.54, 1.807) is 0 Å². The Balaban J connectivity index is 2.53. The number of hydrogen-bond acceptors (Lipinski definition) is 4. The molecule has 0 spiro atoms. The van der Waals surface area contributed by atoms with E-state index < -0.39 is 0 Å². The third-order valence-electron chi connectivity index (χ3n) is 1.98. The topological polar surface area (TPSA) is 68.0 Å². The number of aromatic nitrogens is 1. The Morgan fingerprint density at radius 3 is 2.69 bits per heavy atom. The highest BCUT2D eigenvalue weighted by Crippen LogP contribution is 2.30. The summed E-state index contributed by atoms with van der Waals surface area (Å²) in [6.45, 7) is 0. The molecule has 0 fully saturated rings. The Kier molecular flexibility index (Phi) is 3.52. The largest absolute Gasteiger partial charge is 0.289 e. The van der Waals surface area contributed by atoms with E-state index in [4.69, 9.17) is 5.84 Å². The SMILES string of the molecule is NNC(=O)c1nc(I)sc1-c1ccccc1. The molecule has 0 atom stereocenters. The van der Waals surface area contributed by atoms with Crippen molar-refractivity contribution in [1.29, 1.82) is 0 Å². The average Bonchev–Trinajstić information content (AvgIpc) is 2.71. The van der Waals surface area contributed by atoms with Crippen LogP contribution < -0.4 is 11.3 Å². The monoisotopic (exact) mass is 345 g/mol. The summed E-state index contributed by atoms with van der Waals surface area (Å²) in [6, 6.07) is 9.66. The molecule has 2 rings (SSSR count). The van der Waals surface area contributed by atoms with Gasteiger partial charge in [-0.25, -0.2) is 10.8 Å². The highest BCUT2D eigenvalue weighted by molar-refractivity contribution is 14.1. The smallest absolute Gasteiger partial charge is 0.285 e. The summed E-state index contributed by atoms with van der Waals surface area (Å²) in [4.78, 5) is 16.5. The number of hydrazine groups is 1. The van der Waals surface area contributed by atoms with Crippen LogP contribution >= 0.6 is 33.9 Å². The lowest BCUT2D eigenvalue weighted by Crippen LogP contribution is -2.30. The fourth-order valence-corrected chi connectivity index (χ4v) is 3.00. The van der Waals surface area contributed by atoms with Gasteiger partial charge in [0.2, 0.25) is 0 Å². The lowest BCUT2D eigenvalue weighted by Gasteiger charge is -2.00. The Labute approximate surface area is 110 Å². The van der Waals surface area contributed by atoms with Crippen molar-refractivity contribution in [3.63, 3.8) is 0 Å². The van der Waals surface area contributed by atoms with Crippen molar-refractivity contribution in [2.24, 2.45) is 5.84 Å². The molecular weight excluding hydrogens is 337 g/mol. The van der Waals surface area contributed by atoms with Crippen LogP contribution in [0.5, 0.6) is 0 Å². The number of carbonyl (C=O) groups is 1. The number of thiazole rings is 1. The molecule has 0 bridgehead atoms. The fourth-order valence-electron chi connectivity index (χ4n) is 1.30. The van der Waals surface area contributed by atoms with Crippen molar-refractivity contribution in [2.45, 2.75) is 0 Å². The van der Waals surface area contributed by atoms with Crippen molar-refractivity contribution in [3.05, 3.63) is 39.0 Å².